The van der Waals surface area contributed by atoms with Crippen molar-refractivity contribution in [3.8, 4) is 10.6 Å². The predicted octanol–water partition coefficient (Wildman–Crippen LogP) is 3.32. The Hall–Kier alpha value is -1.92. The SMILES string of the molecule is COC(=O)[C@@H](NC(=O)Cc1csc(-c2ccccc2Cl)n1)C(C)C. The van der Waals surface area contributed by atoms with E-state index in [1.54, 1.807) is 6.07 Å². The van der Waals surface area contributed by atoms with E-state index in [9.17, 15) is 9.59 Å². The van der Waals surface area contributed by atoms with Gasteiger partial charge >= 0.3 is 5.97 Å². The van der Waals surface area contributed by atoms with Crippen LogP contribution in [0.2, 0.25) is 5.02 Å². The molecule has 128 valence electrons. The third-order valence-corrected chi connectivity index (χ3v) is 4.69. The fourth-order valence-electron chi connectivity index (χ4n) is 2.16. The molecule has 2 aromatic rings. The number of thiazole rings is 1. The number of aromatic nitrogens is 1. The van der Waals surface area contributed by atoms with Gasteiger partial charge in [0, 0.05) is 10.9 Å². The fourth-order valence-corrected chi connectivity index (χ4v) is 3.30. The lowest BCUT2D eigenvalue weighted by molar-refractivity contribution is -0.146. The smallest absolute Gasteiger partial charge is 0.328 e. The van der Waals surface area contributed by atoms with Gasteiger partial charge in [0.2, 0.25) is 5.91 Å². The number of carbonyl (C=O) groups is 2. The average Bonchev–Trinajstić information content (AvgIpc) is 3.00. The van der Waals surface area contributed by atoms with Crippen LogP contribution in [0.5, 0.6) is 0 Å². The van der Waals surface area contributed by atoms with Crippen molar-refractivity contribution in [3.63, 3.8) is 0 Å². The second-order valence-corrected chi connectivity index (χ2v) is 6.88. The van der Waals surface area contributed by atoms with Gasteiger partial charge in [-0.2, -0.15) is 0 Å². The van der Waals surface area contributed by atoms with Gasteiger partial charge in [0.05, 0.1) is 24.2 Å². The molecule has 1 N–H and O–H groups in total. The molecule has 24 heavy (non-hydrogen) atoms. The van der Waals surface area contributed by atoms with Crippen LogP contribution in [0, 0.1) is 5.92 Å². The zero-order chi connectivity index (χ0) is 17.7. The molecular formula is C17H19ClN2O3S. The van der Waals surface area contributed by atoms with E-state index >= 15 is 0 Å². The van der Waals surface area contributed by atoms with Gasteiger partial charge in [-0.3, -0.25) is 4.79 Å². The Labute approximate surface area is 150 Å². The molecule has 1 heterocycles. The average molecular weight is 367 g/mol. The Morgan fingerprint density at radius 2 is 2.04 bits per heavy atom. The van der Waals surface area contributed by atoms with Gasteiger partial charge in [-0.05, 0) is 12.0 Å². The molecule has 0 unspecified atom stereocenters. The van der Waals surface area contributed by atoms with Crippen LogP contribution in [0.25, 0.3) is 10.6 Å². The lowest BCUT2D eigenvalue weighted by Crippen LogP contribution is -2.45. The first-order chi connectivity index (χ1) is 11.4. The monoisotopic (exact) mass is 366 g/mol. The van der Waals surface area contributed by atoms with E-state index in [0.717, 1.165) is 10.6 Å². The largest absolute Gasteiger partial charge is 0.467 e. The number of esters is 1. The summed E-state index contributed by atoms with van der Waals surface area (Å²) in [6.45, 7) is 3.69. The third kappa shape index (κ3) is 4.55. The van der Waals surface area contributed by atoms with E-state index in [4.69, 9.17) is 16.3 Å². The summed E-state index contributed by atoms with van der Waals surface area (Å²) in [5.74, 6) is -0.779. The molecule has 0 aliphatic rings. The van der Waals surface area contributed by atoms with E-state index in [0.29, 0.717) is 10.7 Å². The Balaban J connectivity index is 2.05. The minimum atomic E-state index is -0.663. The highest BCUT2D eigenvalue weighted by Gasteiger charge is 2.25. The number of nitrogens with zero attached hydrogens (tertiary/aromatic N) is 1. The number of methoxy groups -OCH3 is 1. The summed E-state index contributed by atoms with van der Waals surface area (Å²) >= 11 is 7.59. The number of nitrogens with one attached hydrogen (secondary N) is 1. The summed E-state index contributed by atoms with van der Waals surface area (Å²) in [6.07, 6.45) is 0.0984. The van der Waals surface area contributed by atoms with Crippen LogP contribution in [-0.4, -0.2) is 30.0 Å². The van der Waals surface area contributed by atoms with Crippen molar-refractivity contribution in [2.75, 3.05) is 7.11 Å². The number of amides is 1. The van der Waals surface area contributed by atoms with Crippen LogP contribution in [0.3, 0.4) is 0 Å². The Morgan fingerprint density at radius 3 is 2.67 bits per heavy atom. The molecule has 1 aromatic carbocycles. The molecule has 0 bridgehead atoms. The number of hydrogen-bond acceptors (Lipinski definition) is 5. The van der Waals surface area contributed by atoms with Gasteiger partial charge in [0.15, 0.2) is 0 Å². The van der Waals surface area contributed by atoms with Gasteiger partial charge in [-0.25, -0.2) is 9.78 Å². The van der Waals surface area contributed by atoms with Crippen LogP contribution in [-0.2, 0) is 20.7 Å². The molecule has 1 aromatic heterocycles. The van der Waals surface area contributed by atoms with Crippen LogP contribution < -0.4 is 5.32 Å². The standard InChI is InChI=1S/C17H19ClN2O3S/c1-10(2)15(17(22)23-3)20-14(21)8-11-9-24-16(19-11)12-6-4-5-7-13(12)18/h4-7,9-10,15H,8H2,1-3H3,(H,20,21)/t15-/m0/s1. The number of carbonyl (C=O) groups excluding carboxylic acids is 2. The van der Waals surface area contributed by atoms with Gasteiger partial charge < -0.3 is 10.1 Å². The Bertz CT molecular complexity index is 730. The van der Waals surface area contributed by atoms with E-state index in [1.807, 2.05) is 37.4 Å². The van der Waals surface area contributed by atoms with Crippen molar-refractivity contribution in [3.05, 3.63) is 40.4 Å². The van der Waals surface area contributed by atoms with E-state index in [2.05, 4.69) is 10.3 Å². The number of hydrogen-bond donors (Lipinski definition) is 1. The van der Waals surface area contributed by atoms with Gasteiger partial charge in [-0.15, -0.1) is 11.3 Å². The third-order valence-electron chi connectivity index (χ3n) is 3.44. The second-order valence-electron chi connectivity index (χ2n) is 5.61. The first-order valence-electron chi connectivity index (χ1n) is 7.49. The quantitative estimate of drug-likeness (QED) is 0.796. The fraction of sp³-hybridized carbons (Fsp3) is 0.353. The number of rotatable bonds is 6. The lowest BCUT2D eigenvalue weighted by Gasteiger charge is -2.19. The lowest BCUT2D eigenvalue weighted by atomic mass is 10.0. The topological polar surface area (TPSA) is 68.3 Å². The molecule has 0 aliphatic heterocycles. The van der Waals surface area contributed by atoms with Gasteiger partial charge in [-0.1, -0.05) is 43.6 Å². The van der Waals surface area contributed by atoms with Crippen LogP contribution in [0.15, 0.2) is 29.6 Å². The van der Waals surface area contributed by atoms with E-state index in [1.165, 1.54) is 18.4 Å². The first-order valence-corrected chi connectivity index (χ1v) is 8.74. The molecule has 7 heteroatoms. The van der Waals surface area contributed by atoms with Crippen molar-refractivity contribution in [2.24, 2.45) is 5.92 Å². The first kappa shape index (κ1) is 18.4. The minimum Gasteiger partial charge on any atom is -0.467 e. The molecule has 0 spiro atoms. The molecule has 2 rings (SSSR count). The van der Waals surface area contributed by atoms with Crippen LogP contribution >= 0.6 is 22.9 Å². The summed E-state index contributed by atoms with van der Waals surface area (Å²) in [5, 5.41) is 5.90. The van der Waals surface area contributed by atoms with Crippen molar-refractivity contribution in [1.82, 2.24) is 10.3 Å². The van der Waals surface area contributed by atoms with Crippen molar-refractivity contribution in [1.29, 1.82) is 0 Å². The molecule has 0 aliphatic carbocycles. The molecule has 0 saturated heterocycles. The number of benzene rings is 1. The second kappa shape index (κ2) is 8.26. The summed E-state index contributed by atoms with van der Waals surface area (Å²) < 4.78 is 4.72. The highest BCUT2D eigenvalue weighted by molar-refractivity contribution is 7.13. The van der Waals surface area contributed by atoms with Crippen LogP contribution in [0.1, 0.15) is 19.5 Å². The molecule has 1 atom stereocenters. The van der Waals surface area contributed by atoms with Gasteiger partial charge in [0.25, 0.3) is 0 Å². The predicted molar refractivity (Wildman–Crippen MR) is 95.0 cm³/mol. The Morgan fingerprint density at radius 1 is 1.33 bits per heavy atom. The number of halogens is 1. The number of ether oxygens (including phenoxy) is 1. The minimum absolute atomic E-state index is 0.0597. The summed E-state index contributed by atoms with van der Waals surface area (Å²) in [7, 11) is 1.31. The highest BCUT2D eigenvalue weighted by Crippen LogP contribution is 2.30. The summed E-state index contributed by atoms with van der Waals surface area (Å²) in [6, 6.07) is 6.76. The molecule has 1 amide bonds. The van der Waals surface area contributed by atoms with E-state index in [-0.39, 0.29) is 18.2 Å². The molecule has 5 nitrogen and oxygen atoms in total. The molecular weight excluding hydrogens is 348 g/mol. The maximum atomic E-state index is 12.2. The highest BCUT2D eigenvalue weighted by atomic mass is 35.5. The molecule has 0 fully saturated rings. The Kier molecular flexibility index (Phi) is 6.34. The maximum Gasteiger partial charge on any atom is 0.328 e. The van der Waals surface area contributed by atoms with Crippen LogP contribution in [0.4, 0.5) is 0 Å². The zero-order valence-electron chi connectivity index (χ0n) is 13.7. The van der Waals surface area contributed by atoms with Crippen molar-refractivity contribution >= 4 is 34.8 Å². The maximum absolute atomic E-state index is 12.2. The summed E-state index contributed by atoms with van der Waals surface area (Å²) in [4.78, 5) is 28.3. The van der Waals surface area contributed by atoms with Crippen molar-refractivity contribution < 1.29 is 14.3 Å². The molecule has 0 radical (unpaired) electrons. The normalized spacial score (nSPS) is 12.0. The van der Waals surface area contributed by atoms with Crippen molar-refractivity contribution in [2.45, 2.75) is 26.3 Å². The zero-order valence-corrected chi connectivity index (χ0v) is 15.3. The van der Waals surface area contributed by atoms with E-state index < -0.39 is 12.0 Å². The molecule has 0 saturated carbocycles. The van der Waals surface area contributed by atoms with Gasteiger partial charge in [0.1, 0.15) is 11.0 Å². The summed E-state index contributed by atoms with van der Waals surface area (Å²) in [5.41, 5.74) is 1.48.